The van der Waals surface area contributed by atoms with Gasteiger partial charge in [0.05, 0.1) is 24.5 Å². The Balaban J connectivity index is 1.73. The zero-order chi connectivity index (χ0) is 14.9. The number of fused-ring (bicyclic) bond motifs is 3. The molecule has 1 fully saturated rings. The minimum absolute atomic E-state index is 0.466. The number of para-hydroxylation sites is 2. The van der Waals surface area contributed by atoms with Crippen molar-refractivity contribution in [3.8, 4) is 5.75 Å². The van der Waals surface area contributed by atoms with Crippen LogP contribution in [0, 0.1) is 0 Å². The summed E-state index contributed by atoms with van der Waals surface area (Å²) < 4.78 is 5.30. The summed E-state index contributed by atoms with van der Waals surface area (Å²) in [5, 5.41) is 3.59. The summed E-state index contributed by atoms with van der Waals surface area (Å²) in [6, 6.07) is 18.3. The molecular weight excluding hydrogens is 272 g/mol. The molecule has 114 valence electrons. The van der Waals surface area contributed by atoms with Gasteiger partial charge in [0, 0.05) is 12.6 Å². The maximum absolute atomic E-state index is 5.30. The highest BCUT2D eigenvalue weighted by Crippen LogP contribution is 2.43. The van der Waals surface area contributed by atoms with E-state index in [0.717, 1.165) is 12.3 Å². The number of nitrogens with zero attached hydrogens (tertiary/aromatic N) is 1. The second-order valence-corrected chi connectivity index (χ2v) is 6.18. The number of rotatable bonds is 2. The highest BCUT2D eigenvalue weighted by molar-refractivity contribution is 5.73. The van der Waals surface area contributed by atoms with E-state index >= 15 is 0 Å². The topological polar surface area (TPSA) is 24.5 Å². The van der Waals surface area contributed by atoms with Gasteiger partial charge < -0.3 is 15.0 Å². The molecule has 2 aliphatic rings. The first-order chi connectivity index (χ1) is 10.9. The third kappa shape index (κ3) is 2.21. The Bertz CT molecular complexity index is 653. The maximum atomic E-state index is 5.30. The Morgan fingerprint density at radius 1 is 1.05 bits per heavy atom. The van der Waals surface area contributed by atoms with Gasteiger partial charge in [0.15, 0.2) is 0 Å². The molecule has 2 atom stereocenters. The van der Waals surface area contributed by atoms with Crippen LogP contribution in [0.1, 0.15) is 30.9 Å². The number of piperidine rings is 1. The van der Waals surface area contributed by atoms with Crippen LogP contribution in [0.15, 0.2) is 48.5 Å². The van der Waals surface area contributed by atoms with E-state index in [-0.39, 0.29) is 0 Å². The van der Waals surface area contributed by atoms with Crippen LogP contribution in [-0.2, 0) is 0 Å². The Labute approximate surface area is 131 Å². The molecular formula is C19H22N2O. The average Bonchev–Trinajstić information content (AvgIpc) is 2.61. The lowest BCUT2D eigenvalue weighted by Crippen LogP contribution is -2.48. The van der Waals surface area contributed by atoms with E-state index in [1.54, 1.807) is 7.11 Å². The summed E-state index contributed by atoms with van der Waals surface area (Å²) in [6.45, 7) is 1.05. The highest BCUT2D eigenvalue weighted by Gasteiger charge is 2.35. The normalized spacial score (nSPS) is 23.2. The van der Waals surface area contributed by atoms with Gasteiger partial charge in [-0.3, -0.25) is 0 Å². The van der Waals surface area contributed by atoms with Crippen molar-refractivity contribution in [2.24, 2.45) is 0 Å². The molecule has 4 rings (SSSR count). The number of hydrogen-bond acceptors (Lipinski definition) is 3. The lowest BCUT2D eigenvalue weighted by molar-refractivity contribution is 0.389. The van der Waals surface area contributed by atoms with Crippen molar-refractivity contribution in [2.75, 3.05) is 23.9 Å². The minimum atomic E-state index is 0.466. The maximum Gasteiger partial charge on any atom is 0.118 e. The van der Waals surface area contributed by atoms with Crippen molar-refractivity contribution in [3.63, 3.8) is 0 Å². The Kier molecular flexibility index (Phi) is 3.41. The molecule has 3 heteroatoms. The quantitative estimate of drug-likeness (QED) is 0.897. The average molecular weight is 294 g/mol. The fourth-order valence-corrected chi connectivity index (χ4v) is 3.87. The fourth-order valence-electron chi connectivity index (χ4n) is 3.87. The number of anilines is 2. The molecule has 1 N–H and O–H groups in total. The molecule has 0 unspecified atom stereocenters. The van der Waals surface area contributed by atoms with Gasteiger partial charge in [0.1, 0.15) is 5.75 Å². The first kappa shape index (κ1) is 13.5. The number of nitrogens with one attached hydrogen (secondary N) is 1. The lowest BCUT2D eigenvalue weighted by Gasteiger charge is -2.48. The highest BCUT2D eigenvalue weighted by atomic mass is 16.5. The molecule has 0 radical (unpaired) electrons. The smallest absolute Gasteiger partial charge is 0.118 e. The van der Waals surface area contributed by atoms with Gasteiger partial charge in [0.2, 0.25) is 0 Å². The molecule has 2 heterocycles. The van der Waals surface area contributed by atoms with Gasteiger partial charge in [-0.25, -0.2) is 0 Å². The van der Waals surface area contributed by atoms with E-state index in [1.807, 2.05) is 0 Å². The molecule has 0 amide bonds. The molecule has 3 nitrogen and oxygen atoms in total. The number of methoxy groups -OCH3 is 1. The standard InChI is InChI=1S/C19H22N2O/c1-22-16-11-9-14(10-12-16)18-8-4-5-15-13-20-17-6-2-3-7-19(17)21(15)18/h2-3,6-7,9-12,15,18,20H,4-5,8,13H2,1H3/t15-,18+/m1/s1. The second-order valence-electron chi connectivity index (χ2n) is 6.18. The molecule has 2 aliphatic heterocycles. The third-order valence-corrected chi connectivity index (χ3v) is 4.96. The second kappa shape index (κ2) is 5.56. The van der Waals surface area contributed by atoms with Crippen LogP contribution in [0.4, 0.5) is 11.4 Å². The molecule has 0 saturated carbocycles. The van der Waals surface area contributed by atoms with Crippen LogP contribution in [0.3, 0.4) is 0 Å². The molecule has 0 bridgehead atoms. The van der Waals surface area contributed by atoms with Gasteiger partial charge >= 0.3 is 0 Å². The third-order valence-electron chi connectivity index (χ3n) is 4.96. The molecule has 0 spiro atoms. The fraction of sp³-hybridized carbons (Fsp3) is 0.368. The number of ether oxygens (including phenoxy) is 1. The van der Waals surface area contributed by atoms with E-state index in [1.165, 1.54) is 36.2 Å². The predicted octanol–water partition coefficient (Wildman–Crippen LogP) is 4.22. The first-order valence-corrected chi connectivity index (χ1v) is 8.12. The van der Waals surface area contributed by atoms with Gasteiger partial charge in [-0.15, -0.1) is 0 Å². The van der Waals surface area contributed by atoms with Crippen molar-refractivity contribution in [2.45, 2.75) is 31.3 Å². The van der Waals surface area contributed by atoms with Crippen LogP contribution in [0.5, 0.6) is 5.75 Å². The number of benzene rings is 2. The summed E-state index contributed by atoms with van der Waals surface area (Å²) >= 11 is 0. The van der Waals surface area contributed by atoms with Gasteiger partial charge in [0.25, 0.3) is 0 Å². The summed E-state index contributed by atoms with van der Waals surface area (Å²) in [6.07, 6.45) is 3.78. The van der Waals surface area contributed by atoms with E-state index in [0.29, 0.717) is 12.1 Å². The molecule has 2 aromatic carbocycles. The monoisotopic (exact) mass is 294 g/mol. The van der Waals surface area contributed by atoms with Crippen molar-refractivity contribution in [1.29, 1.82) is 0 Å². The largest absolute Gasteiger partial charge is 0.497 e. The molecule has 1 saturated heterocycles. The van der Waals surface area contributed by atoms with Crippen LogP contribution >= 0.6 is 0 Å². The molecule has 0 aliphatic carbocycles. The summed E-state index contributed by atoms with van der Waals surface area (Å²) in [4.78, 5) is 2.64. The van der Waals surface area contributed by atoms with Gasteiger partial charge in [-0.2, -0.15) is 0 Å². The van der Waals surface area contributed by atoms with Gasteiger partial charge in [-0.05, 0) is 49.1 Å². The Hall–Kier alpha value is -2.16. The molecule has 0 aromatic heterocycles. The van der Waals surface area contributed by atoms with Crippen molar-refractivity contribution in [1.82, 2.24) is 0 Å². The minimum Gasteiger partial charge on any atom is -0.497 e. The Morgan fingerprint density at radius 2 is 1.86 bits per heavy atom. The molecule has 2 aromatic rings. The van der Waals surface area contributed by atoms with Crippen molar-refractivity contribution < 1.29 is 4.74 Å². The zero-order valence-corrected chi connectivity index (χ0v) is 13.0. The van der Waals surface area contributed by atoms with Crippen LogP contribution in [0.25, 0.3) is 0 Å². The first-order valence-electron chi connectivity index (χ1n) is 8.12. The van der Waals surface area contributed by atoms with Gasteiger partial charge in [-0.1, -0.05) is 24.3 Å². The van der Waals surface area contributed by atoms with E-state index in [2.05, 4.69) is 58.7 Å². The van der Waals surface area contributed by atoms with Crippen LogP contribution < -0.4 is 15.0 Å². The van der Waals surface area contributed by atoms with Crippen molar-refractivity contribution in [3.05, 3.63) is 54.1 Å². The van der Waals surface area contributed by atoms with E-state index in [4.69, 9.17) is 4.74 Å². The summed E-state index contributed by atoms with van der Waals surface area (Å²) in [5.74, 6) is 0.928. The Morgan fingerprint density at radius 3 is 2.68 bits per heavy atom. The number of hydrogen-bond donors (Lipinski definition) is 1. The molecule has 22 heavy (non-hydrogen) atoms. The zero-order valence-electron chi connectivity index (χ0n) is 13.0. The van der Waals surface area contributed by atoms with Crippen LogP contribution in [0.2, 0.25) is 0 Å². The summed E-state index contributed by atoms with van der Waals surface area (Å²) in [5.41, 5.74) is 4.00. The van der Waals surface area contributed by atoms with Crippen molar-refractivity contribution >= 4 is 11.4 Å². The van der Waals surface area contributed by atoms with E-state index in [9.17, 15) is 0 Å². The van der Waals surface area contributed by atoms with E-state index < -0.39 is 0 Å². The predicted molar refractivity (Wildman–Crippen MR) is 90.8 cm³/mol. The summed E-state index contributed by atoms with van der Waals surface area (Å²) in [7, 11) is 1.72. The van der Waals surface area contributed by atoms with Crippen LogP contribution in [-0.4, -0.2) is 19.7 Å². The lowest BCUT2D eigenvalue weighted by atomic mass is 9.88. The SMILES string of the molecule is COc1ccc([C@@H]2CCC[C@@H]3CNc4ccccc4N32)cc1.